The molecule has 8 bridgehead atoms. The van der Waals surface area contributed by atoms with Crippen LogP contribution in [0.25, 0.3) is 44.4 Å². The van der Waals surface area contributed by atoms with Gasteiger partial charge in [-0.05, 0) is 116 Å². The van der Waals surface area contributed by atoms with E-state index in [2.05, 4.69) is 42.9 Å². The second-order valence-corrected chi connectivity index (χ2v) is 13.8. The molecule has 0 unspecified atom stereocenters. The molecule has 4 N–H and O–H groups in total. The molecule has 0 aromatic carbocycles. The average molecular weight is 629 g/mol. The Balaban J connectivity index is 1.74. The van der Waals surface area contributed by atoms with Crippen molar-refractivity contribution in [3.63, 3.8) is 0 Å². The number of aromatic amines is 2. The number of carbonyl (C=O) groups is 2. The van der Waals surface area contributed by atoms with Crippen LogP contribution in [0.15, 0.2) is 24.3 Å². The number of aryl methyl sites for hydroxylation is 3. The molecule has 0 saturated carbocycles. The molecule has 8 nitrogen and oxygen atoms in total. The van der Waals surface area contributed by atoms with Crippen LogP contribution in [0.4, 0.5) is 0 Å². The first-order valence-electron chi connectivity index (χ1n) is 14.8. The van der Waals surface area contributed by atoms with E-state index in [0.717, 1.165) is 83.9 Å². The van der Waals surface area contributed by atoms with Crippen molar-refractivity contribution in [1.82, 2.24) is 19.9 Å². The summed E-state index contributed by atoms with van der Waals surface area (Å²) in [7, 11) is 0. The number of nitrogens with one attached hydrogen (secondary N) is 2. The van der Waals surface area contributed by atoms with Crippen LogP contribution in [0.1, 0.15) is 90.3 Å². The number of H-pyrrole nitrogens is 2. The summed E-state index contributed by atoms with van der Waals surface area (Å²) in [5.41, 5.74) is 15.1. The Labute approximate surface area is 265 Å². The highest BCUT2D eigenvalue weighted by Crippen LogP contribution is 2.47. The zero-order chi connectivity index (χ0) is 31.4. The van der Waals surface area contributed by atoms with Crippen LogP contribution in [0.2, 0.25) is 0 Å². The topological polar surface area (TPSA) is 132 Å². The monoisotopic (exact) mass is 628 g/mol. The first-order chi connectivity index (χ1) is 20.9. The van der Waals surface area contributed by atoms with Gasteiger partial charge in [-0.1, -0.05) is 0 Å². The summed E-state index contributed by atoms with van der Waals surface area (Å²) in [6.07, 6.45) is 0.664. The van der Waals surface area contributed by atoms with Crippen LogP contribution < -0.4 is 0 Å². The van der Waals surface area contributed by atoms with E-state index in [1.165, 1.54) is 5.57 Å². The summed E-state index contributed by atoms with van der Waals surface area (Å²) in [6.45, 7) is 10.3. The van der Waals surface area contributed by atoms with Crippen LogP contribution in [0, 0.1) is 13.8 Å². The predicted octanol–water partition coefficient (Wildman–Crippen LogP) is 7.78. The molecule has 0 aliphatic carbocycles. The molecule has 228 valence electrons. The van der Waals surface area contributed by atoms with Crippen LogP contribution in [0.3, 0.4) is 0 Å². The van der Waals surface area contributed by atoms with E-state index >= 15 is 0 Å². The Morgan fingerprint density at radius 3 is 2.09 bits per heavy atom. The summed E-state index contributed by atoms with van der Waals surface area (Å²) >= 11 is 6.74. The number of thioether (sulfide) groups is 1. The summed E-state index contributed by atoms with van der Waals surface area (Å²) in [5, 5.41) is 19.4. The lowest BCUT2D eigenvalue weighted by Crippen LogP contribution is -1.98. The van der Waals surface area contributed by atoms with Crippen molar-refractivity contribution >= 4 is 80.7 Å². The minimum Gasteiger partial charge on any atom is -0.481 e. The standard InChI is InChI=1S/C34H36N4O4S2/c1-15-20(6-8-31(39)40)26-13-27-21(7-9-32(41)42)16(2)23(36-27)11-29-34(30-14-44-30)18(4)25(38-29)12-28-33(19(5)43)17(3)24(37-28)10-22(15)35-26/h10-13,19,30,35,37,43H,6-9,14H2,1-5H3,(H,39,40)(H,41,42)/t19-,30-/m0/s1. The number of allylic oxidation sites excluding steroid dienone is 3. The number of aromatic nitrogens is 4. The number of hydrogen-bond donors (Lipinski definition) is 5. The van der Waals surface area contributed by atoms with Crippen LogP contribution in [-0.2, 0) is 16.0 Å². The van der Waals surface area contributed by atoms with E-state index in [9.17, 15) is 19.8 Å². The maximum atomic E-state index is 11.6. The first-order valence-corrected chi connectivity index (χ1v) is 16.4. The molecule has 3 aliphatic heterocycles. The van der Waals surface area contributed by atoms with Crippen molar-refractivity contribution in [3.05, 3.63) is 69.3 Å². The van der Waals surface area contributed by atoms with Gasteiger partial charge in [-0.3, -0.25) is 9.59 Å². The molecular weight excluding hydrogens is 593 g/mol. The molecular formula is C34H36N4O4S2. The highest BCUT2D eigenvalue weighted by molar-refractivity contribution is 8.07. The lowest BCUT2D eigenvalue weighted by atomic mass is 9.99. The molecule has 1 saturated heterocycles. The molecule has 3 aliphatic rings. The Kier molecular flexibility index (Phi) is 8.00. The SMILES string of the molecule is CC1=C(CCC(=O)O)c2cc3[nH]c(cc4[nH]c(cc5nc(cc1n2)C([C@@H]1CS1)=C5C)c([C@H](C)S)c4C)c(C)c3CCC(=O)O. The van der Waals surface area contributed by atoms with Gasteiger partial charge in [-0.25, -0.2) is 9.97 Å². The predicted molar refractivity (Wildman–Crippen MR) is 182 cm³/mol. The molecule has 10 heteroatoms. The number of nitrogens with zero attached hydrogens (tertiary/aromatic N) is 2. The number of carboxylic acid groups (broad SMARTS) is 2. The summed E-state index contributed by atoms with van der Waals surface area (Å²) < 4.78 is 0. The molecule has 3 aromatic rings. The van der Waals surface area contributed by atoms with Gasteiger partial charge in [0.1, 0.15) is 0 Å². The molecule has 6 rings (SSSR count). The average Bonchev–Trinajstić information content (AvgIpc) is 3.49. The van der Waals surface area contributed by atoms with Gasteiger partial charge in [0.25, 0.3) is 0 Å². The fourth-order valence-corrected chi connectivity index (χ4v) is 7.47. The number of fused-ring (bicyclic) bond motifs is 8. The lowest BCUT2D eigenvalue weighted by Gasteiger charge is -2.04. The van der Waals surface area contributed by atoms with Gasteiger partial charge in [0.2, 0.25) is 0 Å². The van der Waals surface area contributed by atoms with Crippen LogP contribution in [-0.4, -0.2) is 53.1 Å². The van der Waals surface area contributed by atoms with Gasteiger partial charge in [0, 0.05) is 51.2 Å². The number of thiol groups is 1. The van der Waals surface area contributed by atoms with Crippen molar-refractivity contribution in [1.29, 1.82) is 0 Å². The molecule has 1 fully saturated rings. The Hall–Kier alpha value is -3.76. The normalized spacial score (nSPS) is 16.9. The Morgan fingerprint density at radius 1 is 0.841 bits per heavy atom. The third kappa shape index (κ3) is 5.61. The van der Waals surface area contributed by atoms with Gasteiger partial charge < -0.3 is 20.2 Å². The highest BCUT2D eigenvalue weighted by atomic mass is 32.2. The largest absolute Gasteiger partial charge is 0.481 e. The second kappa shape index (κ2) is 11.6. The van der Waals surface area contributed by atoms with Crippen LogP contribution in [0.5, 0.6) is 0 Å². The van der Waals surface area contributed by atoms with Gasteiger partial charge in [0.15, 0.2) is 0 Å². The van der Waals surface area contributed by atoms with Crippen molar-refractivity contribution in [2.75, 3.05) is 5.75 Å². The van der Waals surface area contributed by atoms with Gasteiger partial charge in [-0.2, -0.15) is 24.4 Å². The molecule has 0 radical (unpaired) electrons. The van der Waals surface area contributed by atoms with Gasteiger partial charge in [-0.15, -0.1) is 0 Å². The molecule has 6 heterocycles. The van der Waals surface area contributed by atoms with Gasteiger partial charge >= 0.3 is 11.9 Å². The third-order valence-electron chi connectivity index (χ3n) is 8.89. The van der Waals surface area contributed by atoms with E-state index in [4.69, 9.17) is 22.6 Å². The number of rotatable bonds is 8. The first kappa shape index (κ1) is 30.3. The number of aliphatic carboxylic acids is 2. The van der Waals surface area contributed by atoms with Crippen LogP contribution >= 0.6 is 24.4 Å². The third-order valence-corrected chi connectivity index (χ3v) is 10.0. The highest BCUT2D eigenvalue weighted by Gasteiger charge is 2.34. The van der Waals surface area contributed by atoms with E-state index in [0.29, 0.717) is 23.8 Å². The minimum absolute atomic E-state index is 0.00856. The van der Waals surface area contributed by atoms with E-state index in [1.807, 2.05) is 37.7 Å². The van der Waals surface area contributed by atoms with Crippen molar-refractivity contribution in [2.45, 2.75) is 70.8 Å². The van der Waals surface area contributed by atoms with E-state index in [-0.39, 0.29) is 18.1 Å². The van der Waals surface area contributed by atoms with E-state index < -0.39 is 11.9 Å². The van der Waals surface area contributed by atoms with Crippen molar-refractivity contribution < 1.29 is 19.8 Å². The number of hydrogen-bond acceptors (Lipinski definition) is 6. The van der Waals surface area contributed by atoms with Crippen molar-refractivity contribution in [2.24, 2.45) is 0 Å². The summed E-state index contributed by atoms with van der Waals surface area (Å²) in [5.74, 6) is -0.682. The molecule has 2 atom stereocenters. The second-order valence-electron chi connectivity index (χ2n) is 11.8. The Morgan fingerprint density at radius 2 is 1.43 bits per heavy atom. The quantitative estimate of drug-likeness (QED) is 0.127. The van der Waals surface area contributed by atoms with E-state index in [1.54, 1.807) is 0 Å². The maximum absolute atomic E-state index is 11.6. The molecule has 44 heavy (non-hydrogen) atoms. The van der Waals surface area contributed by atoms with Gasteiger partial charge in [0.05, 0.1) is 22.8 Å². The lowest BCUT2D eigenvalue weighted by molar-refractivity contribution is -0.137. The summed E-state index contributed by atoms with van der Waals surface area (Å²) in [4.78, 5) is 40.6. The zero-order valence-corrected chi connectivity index (χ0v) is 27.2. The molecule has 3 aromatic heterocycles. The minimum atomic E-state index is -0.868. The molecule has 0 spiro atoms. The Bertz CT molecular complexity index is 1960. The smallest absolute Gasteiger partial charge is 0.303 e. The zero-order valence-electron chi connectivity index (χ0n) is 25.5. The summed E-state index contributed by atoms with van der Waals surface area (Å²) in [6, 6.07) is 8.19. The fourth-order valence-electron chi connectivity index (χ4n) is 6.41. The van der Waals surface area contributed by atoms with Crippen molar-refractivity contribution in [3.8, 4) is 0 Å². The molecule has 0 amide bonds. The maximum Gasteiger partial charge on any atom is 0.303 e. The fraction of sp³-hybridized carbons (Fsp3) is 0.353. The number of carboxylic acids is 2.